The van der Waals surface area contributed by atoms with Crippen LogP contribution in [0.4, 0.5) is 0 Å². The Bertz CT molecular complexity index is 734. The van der Waals surface area contributed by atoms with Crippen LogP contribution in [-0.2, 0) is 6.54 Å². The third-order valence-electron chi connectivity index (χ3n) is 4.08. The molecule has 0 bridgehead atoms. The molecule has 4 heteroatoms. The van der Waals surface area contributed by atoms with Crippen LogP contribution in [0.3, 0.4) is 0 Å². The Morgan fingerprint density at radius 2 is 2.10 bits per heavy atom. The van der Waals surface area contributed by atoms with Gasteiger partial charge >= 0.3 is 0 Å². The van der Waals surface area contributed by atoms with E-state index in [0.29, 0.717) is 12.1 Å². The Labute approximate surface area is 124 Å². The summed E-state index contributed by atoms with van der Waals surface area (Å²) in [5, 5.41) is 0. The van der Waals surface area contributed by atoms with Crippen molar-refractivity contribution in [3.05, 3.63) is 40.3 Å². The lowest BCUT2D eigenvalue weighted by Crippen LogP contribution is -2.32. The summed E-state index contributed by atoms with van der Waals surface area (Å²) in [6.45, 7) is 9.76. The van der Waals surface area contributed by atoms with E-state index in [0.717, 1.165) is 16.8 Å². The summed E-state index contributed by atoms with van der Waals surface area (Å²) in [5.41, 5.74) is 5.08. The first-order chi connectivity index (χ1) is 9.49. The lowest BCUT2D eigenvalue weighted by Gasteiger charge is -2.32. The lowest BCUT2D eigenvalue weighted by atomic mass is 10.0. The van der Waals surface area contributed by atoms with Crippen LogP contribution < -0.4 is 0 Å². The van der Waals surface area contributed by atoms with E-state index >= 15 is 0 Å². The van der Waals surface area contributed by atoms with Gasteiger partial charge in [-0.1, -0.05) is 17.7 Å². The number of nitrogens with one attached hydrogen (secondary N) is 1. The fourth-order valence-electron chi connectivity index (χ4n) is 3.20. The van der Waals surface area contributed by atoms with Gasteiger partial charge in [0.1, 0.15) is 0 Å². The first kappa shape index (κ1) is 13.4. The summed E-state index contributed by atoms with van der Waals surface area (Å²) in [4.78, 5) is 5.78. The van der Waals surface area contributed by atoms with Crippen molar-refractivity contribution in [2.24, 2.45) is 0 Å². The molecular weight excluding hydrogens is 266 g/mol. The number of hydrogen-bond donors (Lipinski definition) is 1. The average Bonchev–Trinajstić information content (AvgIpc) is 2.65. The molecule has 2 heterocycles. The van der Waals surface area contributed by atoms with Crippen LogP contribution in [0.1, 0.15) is 39.3 Å². The Hall–Kier alpha value is -1.55. The van der Waals surface area contributed by atoms with E-state index in [1.807, 2.05) is 0 Å². The molecule has 1 aliphatic rings. The van der Waals surface area contributed by atoms with E-state index in [4.69, 9.17) is 12.2 Å². The SMILES string of the molecule is CC(C)=CN1[C@@H](C)Cn2c(=S)[nH]c3cccc(c32)[C@@H]1C. The van der Waals surface area contributed by atoms with E-state index < -0.39 is 0 Å². The van der Waals surface area contributed by atoms with E-state index in [1.165, 1.54) is 16.7 Å². The van der Waals surface area contributed by atoms with E-state index in [-0.39, 0.29) is 0 Å². The number of rotatable bonds is 1. The molecule has 1 aromatic heterocycles. The maximum atomic E-state index is 5.50. The molecule has 1 aliphatic heterocycles. The average molecular weight is 287 g/mol. The summed E-state index contributed by atoms with van der Waals surface area (Å²) in [5.74, 6) is 0. The van der Waals surface area contributed by atoms with Gasteiger partial charge in [-0.3, -0.25) is 0 Å². The van der Waals surface area contributed by atoms with Crippen molar-refractivity contribution in [1.82, 2.24) is 14.5 Å². The second-order valence-electron chi connectivity index (χ2n) is 5.96. The smallest absolute Gasteiger partial charge is 0.178 e. The second kappa shape index (κ2) is 4.77. The van der Waals surface area contributed by atoms with Crippen molar-refractivity contribution >= 4 is 23.3 Å². The van der Waals surface area contributed by atoms with E-state index in [1.54, 1.807) is 0 Å². The third kappa shape index (κ3) is 1.99. The fourth-order valence-corrected chi connectivity index (χ4v) is 3.47. The van der Waals surface area contributed by atoms with Crippen LogP contribution in [0, 0.1) is 4.77 Å². The molecule has 3 rings (SSSR count). The quantitative estimate of drug-likeness (QED) is 0.787. The third-order valence-corrected chi connectivity index (χ3v) is 4.41. The topological polar surface area (TPSA) is 24.0 Å². The zero-order chi connectivity index (χ0) is 14.4. The van der Waals surface area contributed by atoms with Crippen molar-refractivity contribution in [2.75, 3.05) is 0 Å². The molecule has 1 N–H and O–H groups in total. The molecule has 0 spiro atoms. The van der Waals surface area contributed by atoms with Gasteiger partial charge in [-0.05, 0) is 52.2 Å². The molecule has 0 unspecified atom stereocenters. The van der Waals surface area contributed by atoms with Crippen molar-refractivity contribution < 1.29 is 0 Å². The number of allylic oxidation sites excluding steroid dienone is 1. The van der Waals surface area contributed by atoms with Gasteiger partial charge in [0.25, 0.3) is 0 Å². The zero-order valence-corrected chi connectivity index (χ0v) is 13.3. The summed E-state index contributed by atoms with van der Waals surface area (Å²) in [6, 6.07) is 7.20. The highest BCUT2D eigenvalue weighted by Crippen LogP contribution is 2.33. The number of H-pyrrole nitrogens is 1. The lowest BCUT2D eigenvalue weighted by molar-refractivity contribution is 0.218. The molecule has 2 atom stereocenters. The minimum absolute atomic E-state index is 0.350. The molecule has 0 saturated carbocycles. The predicted molar refractivity (Wildman–Crippen MR) is 86.3 cm³/mol. The largest absolute Gasteiger partial charge is 0.366 e. The Balaban J connectivity index is 2.26. The summed E-state index contributed by atoms with van der Waals surface area (Å²) < 4.78 is 3.07. The van der Waals surface area contributed by atoms with Gasteiger partial charge in [-0.15, -0.1) is 0 Å². The van der Waals surface area contributed by atoms with Gasteiger partial charge in [-0.2, -0.15) is 0 Å². The van der Waals surface area contributed by atoms with Crippen LogP contribution in [0.5, 0.6) is 0 Å². The van der Waals surface area contributed by atoms with E-state index in [2.05, 4.69) is 66.5 Å². The van der Waals surface area contributed by atoms with Crippen LogP contribution in [-0.4, -0.2) is 20.5 Å². The Morgan fingerprint density at radius 1 is 1.35 bits per heavy atom. The first-order valence-corrected chi connectivity index (χ1v) is 7.53. The highest BCUT2D eigenvalue weighted by molar-refractivity contribution is 7.71. The number of nitrogens with zero attached hydrogens (tertiary/aromatic N) is 2. The van der Waals surface area contributed by atoms with Gasteiger partial charge in [0.2, 0.25) is 0 Å². The molecule has 3 nitrogen and oxygen atoms in total. The Morgan fingerprint density at radius 3 is 2.80 bits per heavy atom. The molecule has 0 amide bonds. The number of benzene rings is 1. The van der Waals surface area contributed by atoms with Crippen molar-refractivity contribution in [1.29, 1.82) is 0 Å². The molecule has 20 heavy (non-hydrogen) atoms. The van der Waals surface area contributed by atoms with Gasteiger partial charge in [-0.25, -0.2) is 0 Å². The first-order valence-electron chi connectivity index (χ1n) is 7.13. The van der Waals surface area contributed by atoms with Crippen molar-refractivity contribution in [3.63, 3.8) is 0 Å². The minimum Gasteiger partial charge on any atom is -0.366 e. The molecule has 0 fully saturated rings. The minimum atomic E-state index is 0.350. The van der Waals surface area contributed by atoms with Crippen LogP contribution >= 0.6 is 12.2 Å². The molecule has 0 saturated heterocycles. The molecular formula is C16H21N3S. The van der Waals surface area contributed by atoms with Crippen LogP contribution in [0.25, 0.3) is 11.0 Å². The summed E-state index contributed by atoms with van der Waals surface area (Å²) >= 11 is 5.50. The van der Waals surface area contributed by atoms with Gasteiger partial charge in [0.15, 0.2) is 4.77 Å². The zero-order valence-electron chi connectivity index (χ0n) is 12.5. The molecule has 0 radical (unpaired) electrons. The normalized spacial score (nSPS) is 21.9. The van der Waals surface area contributed by atoms with Crippen LogP contribution in [0.2, 0.25) is 0 Å². The van der Waals surface area contributed by atoms with Crippen molar-refractivity contribution in [3.8, 4) is 0 Å². The van der Waals surface area contributed by atoms with Gasteiger partial charge in [0, 0.05) is 18.2 Å². The maximum absolute atomic E-state index is 5.50. The molecule has 1 aromatic carbocycles. The monoisotopic (exact) mass is 287 g/mol. The maximum Gasteiger partial charge on any atom is 0.178 e. The summed E-state index contributed by atoms with van der Waals surface area (Å²) in [6.07, 6.45) is 2.27. The fraction of sp³-hybridized carbons (Fsp3) is 0.438. The van der Waals surface area contributed by atoms with Crippen molar-refractivity contribution in [2.45, 2.75) is 46.3 Å². The molecule has 0 aliphatic carbocycles. The number of hydrogen-bond acceptors (Lipinski definition) is 2. The van der Waals surface area contributed by atoms with Gasteiger partial charge < -0.3 is 14.5 Å². The second-order valence-corrected chi connectivity index (χ2v) is 6.35. The number of aromatic amines is 1. The number of para-hydroxylation sites is 1. The molecule has 106 valence electrons. The highest BCUT2D eigenvalue weighted by Gasteiger charge is 2.26. The number of aromatic nitrogens is 2. The predicted octanol–water partition coefficient (Wildman–Crippen LogP) is 4.39. The van der Waals surface area contributed by atoms with E-state index in [9.17, 15) is 0 Å². The Kier molecular flexibility index (Phi) is 3.21. The van der Waals surface area contributed by atoms with Gasteiger partial charge in [0.05, 0.1) is 17.1 Å². The highest BCUT2D eigenvalue weighted by atomic mass is 32.1. The molecule has 2 aromatic rings. The number of imidazole rings is 1. The van der Waals surface area contributed by atoms with Crippen LogP contribution in [0.15, 0.2) is 30.0 Å². The standard InChI is InChI=1S/C16H21N3S/c1-10(2)8-18-11(3)9-19-15-13(12(18)4)6-5-7-14(15)17-16(19)20/h5-8,11-12H,9H2,1-4H3,(H,17,20)/t11-,12-/m0/s1. The summed E-state index contributed by atoms with van der Waals surface area (Å²) in [7, 11) is 0.